The summed E-state index contributed by atoms with van der Waals surface area (Å²) in [5.41, 5.74) is 6.88. The highest BCUT2D eigenvalue weighted by Crippen LogP contribution is 2.31. The number of nitrogens with two attached hydrogens (primary N) is 1. The molecule has 0 spiro atoms. The monoisotopic (exact) mass is 291 g/mol. The summed E-state index contributed by atoms with van der Waals surface area (Å²) >= 11 is 0. The quantitative estimate of drug-likeness (QED) is 0.645. The van der Waals surface area contributed by atoms with Crippen LogP contribution in [-0.2, 0) is 0 Å². The van der Waals surface area contributed by atoms with E-state index in [9.17, 15) is 10.1 Å². The van der Waals surface area contributed by atoms with Gasteiger partial charge in [-0.2, -0.15) is 0 Å². The molecule has 1 aliphatic heterocycles. The van der Waals surface area contributed by atoms with Crippen molar-refractivity contribution >= 4 is 5.69 Å². The number of non-ortho nitro benzene ring substituents is 1. The van der Waals surface area contributed by atoms with Crippen LogP contribution in [0.25, 0.3) is 0 Å². The zero-order valence-corrected chi connectivity index (χ0v) is 12.7. The molecule has 1 unspecified atom stereocenters. The van der Waals surface area contributed by atoms with E-state index in [1.807, 2.05) is 6.07 Å². The number of nitrogens with zero attached hydrogens (tertiary/aromatic N) is 2. The molecule has 116 valence electrons. The number of benzene rings is 1. The van der Waals surface area contributed by atoms with Crippen molar-refractivity contribution in [2.75, 3.05) is 19.6 Å². The second-order valence-corrected chi connectivity index (χ2v) is 5.83. The van der Waals surface area contributed by atoms with Crippen molar-refractivity contribution < 1.29 is 4.92 Å². The summed E-state index contributed by atoms with van der Waals surface area (Å²) in [7, 11) is 0. The fourth-order valence-electron chi connectivity index (χ4n) is 3.34. The number of rotatable bonds is 6. The third kappa shape index (κ3) is 4.02. The Morgan fingerprint density at radius 1 is 1.43 bits per heavy atom. The fraction of sp³-hybridized carbons (Fsp3) is 0.625. The molecule has 0 bridgehead atoms. The summed E-state index contributed by atoms with van der Waals surface area (Å²) in [5.74, 6) is 0.744. The second-order valence-electron chi connectivity index (χ2n) is 5.83. The van der Waals surface area contributed by atoms with Crippen molar-refractivity contribution in [2.24, 2.45) is 11.7 Å². The molecule has 2 N–H and O–H groups in total. The number of hydrogen-bond acceptors (Lipinski definition) is 4. The van der Waals surface area contributed by atoms with Gasteiger partial charge in [0.1, 0.15) is 0 Å². The van der Waals surface area contributed by atoms with Crippen LogP contribution in [0.5, 0.6) is 0 Å². The van der Waals surface area contributed by atoms with E-state index in [0.717, 1.165) is 44.0 Å². The predicted molar refractivity (Wildman–Crippen MR) is 84.1 cm³/mol. The lowest BCUT2D eigenvalue weighted by Gasteiger charge is -2.37. The molecule has 1 saturated heterocycles. The summed E-state index contributed by atoms with van der Waals surface area (Å²) in [4.78, 5) is 13.1. The Bertz CT molecular complexity index is 470. The van der Waals surface area contributed by atoms with Gasteiger partial charge in [0.05, 0.1) is 4.92 Å². The van der Waals surface area contributed by atoms with Crippen LogP contribution in [0.2, 0.25) is 0 Å². The lowest BCUT2D eigenvalue weighted by molar-refractivity contribution is -0.385. The smallest absolute Gasteiger partial charge is 0.269 e. The van der Waals surface area contributed by atoms with Gasteiger partial charge < -0.3 is 5.73 Å². The first-order valence-electron chi connectivity index (χ1n) is 7.84. The molecule has 0 saturated carbocycles. The fourth-order valence-corrected chi connectivity index (χ4v) is 3.34. The number of likely N-dealkylation sites (tertiary alicyclic amines) is 1. The predicted octanol–water partition coefficient (Wildman–Crippen LogP) is 3.11. The van der Waals surface area contributed by atoms with Crippen LogP contribution >= 0.6 is 0 Å². The van der Waals surface area contributed by atoms with Gasteiger partial charge in [-0.1, -0.05) is 19.1 Å². The zero-order chi connectivity index (χ0) is 15.2. The van der Waals surface area contributed by atoms with Gasteiger partial charge in [-0.3, -0.25) is 15.0 Å². The molecule has 5 nitrogen and oxygen atoms in total. The Balaban J connectivity index is 2.06. The Morgan fingerprint density at radius 3 is 2.71 bits per heavy atom. The molecule has 1 atom stereocenters. The number of hydrogen-bond donors (Lipinski definition) is 1. The molecule has 5 heteroatoms. The number of nitro groups is 1. The molecule has 21 heavy (non-hydrogen) atoms. The van der Waals surface area contributed by atoms with E-state index in [-0.39, 0.29) is 16.7 Å². The van der Waals surface area contributed by atoms with Crippen molar-refractivity contribution in [3.63, 3.8) is 0 Å². The maximum atomic E-state index is 10.9. The molecule has 1 aromatic carbocycles. The maximum Gasteiger partial charge on any atom is 0.269 e. The first kappa shape index (κ1) is 15.9. The molecule has 1 aromatic rings. The van der Waals surface area contributed by atoms with Crippen molar-refractivity contribution in [1.82, 2.24) is 4.90 Å². The summed E-state index contributed by atoms with van der Waals surface area (Å²) in [6, 6.07) is 7.36. The van der Waals surface area contributed by atoms with Crippen LogP contribution in [0.1, 0.15) is 44.2 Å². The van der Waals surface area contributed by atoms with Crippen LogP contribution in [0.15, 0.2) is 24.3 Å². The minimum atomic E-state index is -0.316. The summed E-state index contributed by atoms with van der Waals surface area (Å²) in [5, 5.41) is 10.9. The van der Waals surface area contributed by atoms with Gasteiger partial charge in [-0.05, 0) is 56.8 Å². The molecule has 0 radical (unpaired) electrons. The number of nitro benzene ring substituents is 1. The van der Waals surface area contributed by atoms with E-state index in [0.29, 0.717) is 0 Å². The van der Waals surface area contributed by atoms with Crippen LogP contribution in [0.4, 0.5) is 5.69 Å². The van der Waals surface area contributed by atoms with Crippen LogP contribution in [-0.4, -0.2) is 29.5 Å². The summed E-state index contributed by atoms with van der Waals surface area (Å²) < 4.78 is 0. The number of piperidine rings is 1. The Hall–Kier alpha value is -1.46. The molecule has 0 amide bonds. The lowest BCUT2D eigenvalue weighted by atomic mass is 9.91. The minimum absolute atomic E-state index is 0.184. The molecule has 0 aromatic heterocycles. The van der Waals surface area contributed by atoms with Crippen LogP contribution < -0.4 is 5.73 Å². The highest BCUT2D eigenvalue weighted by molar-refractivity contribution is 5.35. The van der Waals surface area contributed by atoms with E-state index < -0.39 is 0 Å². The van der Waals surface area contributed by atoms with Gasteiger partial charge in [0, 0.05) is 18.2 Å². The molecule has 1 fully saturated rings. The topological polar surface area (TPSA) is 72.4 Å². The largest absolute Gasteiger partial charge is 0.330 e. The Labute approximate surface area is 126 Å². The third-order valence-corrected chi connectivity index (χ3v) is 4.52. The average molecular weight is 291 g/mol. The van der Waals surface area contributed by atoms with Crippen molar-refractivity contribution in [1.29, 1.82) is 0 Å². The van der Waals surface area contributed by atoms with E-state index in [1.54, 1.807) is 18.2 Å². The van der Waals surface area contributed by atoms with Gasteiger partial charge >= 0.3 is 0 Å². The van der Waals surface area contributed by atoms with E-state index in [4.69, 9.17) is 5.73 Å². The maximum absolute atomic E-state index is 10.9. The molecule has 0 aliphatic carbocycles. The first-order chi connectivity index (χ1) is 10.2. The van der Waals surface area contributed by atoms with Crippen molar-refractivity contribution in [2.45, 2.75) is 38.6 Å². The van der Waals surface area contributed by atoms with Crippen LogP contribution in [0, 0.1) is 16.0 Å². The minimum Gasteiger partial charge on any atom is -0.330 e. The molecule has 2 rings (SSSR count). The van der Waals surface area contributed by atoms with E-state index >= 15 is 0 Å². The molecular weight excluding hydrogens is 266 g/mol. The van der Waals surface area contributed by atoms with Gasteiger partial charge in [0.2, 0.25) is 0 Å². The molecular formula is C16H25N3O2. The Morgan fingerprint density at radius 2 is 2.14 bits per heavy atom. The summed E-state index contributed by atoms with van der Waals surface area (Å²) in [6.07, 6.45) is 4.45. The van der Waals surface area contributed by atoms with E-state index in [2.05, 4.69) is 11.8 Å². The molecule has 1 heterocycles. The van der Waals surface area contributed by atoms with Gasteiger partial charge in [0.15, 0.2) is 0 Å². The third-order valence-electron chi connectivity index (χ3n) is 4.52. The molecule has 1 aliphatic rings. The first-order valence-corrected chi connectivity index (χ1v) is 7.84. The standard InChI is InChI=1S/C16H25N3O2/c1-2-16(14-4-3-5-15(12-14)19(20)21)18-10-7-13(6-9-17)8-11-18/h3-5,12-13,16H,2,6-11,17H2,1H3. The van der Waals surface area contributed by atoms with Gasteiger partial charge in [0.25, 0.3) is 5.69 Å². The van der Waals surface area contributed by atoms with Gasteiger partial charge in [-0.15, -0.1) is 0 Å². The SMILES string of the molecule is CCC(c1cccc([N+](=O)[O-])c1)N1CCC(CCN)CC1. The normalized spacial score (nSPS) is 18.6. The Kier molecular flexibility index (Phi) is 5.70. The highest BCUT2D eigenvalue weighted by atomic mass is 16.6. The lowest BCUT2D eigenvalue weighted by Crippen LogP contribution is -2.37. The van der Waals surface area contributed by atoms with Crippen molar-refractivity contribution in [3.8, 4) is 0 Å². The second kappa shape index (κ2) is 7.52. The average Bonchev–Trinajstić information content (AvgIpc) is 2.50. The van der Waals surface area contributed by atoms with E-state index in [1.165, 1.54) is 12.8 Å². The van der Waals surface area contributed by atoms with Crippen LogP contribution in [0.3, 0.4) is 0 Å². The highest BCUT2D eigenvalue weighted by Gasteiger charge is 2.25. The summed E-state index contributed by atoms with van der Waals surface area (Å²) in [6.45, 7) is 5.04. The van der Waals surface area contributed by atoms with Gasteiger partial charge in [-0.25, -0.2) is 0 Å². The zero-order valence-electron chi connectivity index (χ0n) is 12.7. The van der Waals surface area contributed by atoms with Crippen molar-refractivity contribution in [3.05, 3.63) is 39.9 Å².